The molecule has 0 radical (unpaired) electrons. The smallest absolute Gasteiger partial charge is 0.191 e. The predicted octanol–water partition coefficient (Wildman–Crippen LogP) is 3.38. The molecule has 0 amide bonds. The molecule has 4 heteroatoms. The summed E-state index contributed by atoms with van der Waals surface area (Å²) in [7, 11) is 0. The maximum Gasteiger partial charge on any atom is 0.191 e. The van der Waals surface area contributed by atoms with Gasteiger partial charge >= 0.3 is 0 Å². The molecule has 0 saturated carbocycles. The van der Waals surface area contributed by atoms with Crippen LogP contribution in [0.4, 0.5) is 0 Å². The number of unbranched alkanes of at least 4 members (excludes halogenated alkanes) is 3. The van der Waals surface area contributed by atoms with E-state index in [1.54, 1.807) is 0 Å². The molecule has 102 valence electrons. The number of aliphatic imine (C=N–C) groups is 1. The van der Waals surface area contributed by atoms with Crippen molar-refractivity contribution in [2.24, 2.45) is 10.7 Å². The van der Waals surface area contributed by atoms with E-state index in [0.717, 1.165) is 25.6 Å². The Hall–Kier alpha value is 0. The molecular formula is C13H28IN3. The number of hydrogen-bond donors (Lipinski definition) is 1. The first-order chi connectivity index (χ1) is 7.84. The van der Waals surface area contributed by atoms with Gasteiger partial charge in [0.05, 0.1) is 0 Å². The molecule has 1 saturated heterocycles. The third kappa shape index (κ3) is 7.84. The average Bonchev–Trinajstić information content (AvgIpc) is 2.57. The summed E-state index contributed by atoms with van der Waals surface area (Å²) in [5, 5.41) is 0. The highest BCUT2D eigenvalue weighted by atomic mass is 127. The largest absolute Gasteiger partial charge is 0.370 e. The maximum absolute atomic E-state index is 6.01. The second-order valence-electron chi connectivity index (χ2n) is 4.70. The molecule has 2 N–H and O–H groups in total. The van der Waals surface area contributed by atoms with Gasteiger partial charge in [-0.3, -0.25) is 4.99 Å². The second kappa shape index (κ2) is 11.1. The van der Waals surface area contributed by atoms with Crippen LogP contribution in [0.15, 0.2) is 4.99 Å². The molecule has 0 aliphatic carbocycles. The fourth-order valence-corrected chi connectivity index (χ4v) is 2.13. The SMILES string of the molecule is CCCCCCN=C(N)N1CCCCCC1.I. The summed E-state index contributed by atoms with van der Waals surface area (Å²) in [5.41, 5.74) is 6.01. The number of rotatable bonds is 5. The molecular weight excluding hydrogens is 325 g/mol. The zero-order chi connectivity index (χ0) is 11.6. The zero-order valence-corrected chi connectivity index (χ0v) is 13.5. The summed E-state index contributed by atoms with van der Waals surface area (Å²) in [4.78, 5) is 6.74. The van der Waals surface area contributed by atoms with Crippen LogP contribution in [0.3, 0.4) is 0 Å². The molecule has 1 fully saturated rings. The molecule has 0 unspecified atom stereocenters. The summed E-state index contributed by atoms with van der Waals surface area (Å²) < 4.78 is 0. The second-order valence-corrected chi connectivity index (χ2v) is 4.70. The van der Waals surface area contributed by atoms with E-state index >= 15 is 0 Å². The van der Waals surface area contributed by atoms with Gasteiger partial charge in [0, 0.05) is 19.6 Å². The van der Waals surface area contributed by atoms with Crippen LogP contribution in [0.25, 0.3) is 0 Å². The molecule has 1 aliphatic heterocycles. The van der Waals surface area contributed by atoms with Gasteiger partial charge in [-0.25, -0.2) is 0 Å². The number of hydrogen-bond acceptors (Lipinski definition) is 1. The lowest BCUT2D eigenvalue weighted by molar-refractivity contribution is 0.428. The summed E-state index contributed by atoms with van der Waals surface area (Å²) in [6.45, 7) is 5.34. The van der Waals surface area contributed by atoms with Crippen LogP contribution >= 0.6 is 24.0 Å². The van der Waals surface area contributed by atoms with E-state index in [9.17, 15) is 0 Å². The third-order valence-electron chi connectivity index (χ3n) is 3.22. The van der Waals surface area contributed by atoms with Gasteiger partial charge in [-0.1, -0.05) is 39.0 Å². The number of nitrogens with two attached hydrogens (primary N) is 1. The molecule has 0 aromatic heterocycles. The highest BCUT2D eigenvalue weighted by molar-refractivity contribution is 14.0. The van der Waals surface area contributed by atoms with Crippen molar-refractivity contribution in [1.82, 2.24) is 4.90 Å². The Morgan fingerprint density at radius 3 is 2.29 bits per heavy atom. The highest BCUT2D eigenvalue weighted by Gasteiger charge is 2.10. The van der Waals surface area contributed by atoms with Crippen LogP contribution in [0.5, 0.6) is 0 Å². The van der Waals surface area contributed by atoms with Crippen molar-refractivity contribution >= 4 is 29.9 Å². The number of guanidine groups is 1. The zero-order valence-electron chi connectivity index (χ0n) is 11.2. The van der Waals surface area contributed by atoms with E-state index in [-0.39, 0.29) is 24.0 Å². The summed E-state index contributed by atoms with van der Waals surface area (Å²) in [6, 6.07) is 0. The predicted molar refractivity (Wildman–Crippen MR) is 86.1 cm³/mol. The molecule has 0 atom stereocenters. The Balaban J connectivity index is 0.00000256. The molecule has 1 aliphatic rings. The van der Waals surface area contributed by atoms with Gasteiger partial charge in [-0.2, -0.15) is 0 Å². The number of likely N-dealkylation sites (tertiary alicyclic amines) is 1. The van der Waals surface area contributed by atoms with E-state index < -0.39 is 0 Å². The van der Waals surface area contributed by atoms with E-state index in [2.05, 4.69) is 16.8 Å². The van der Waals surface area contributed by atoms with Crippen LogP contribution in [0, 0.1) is 0 Å². The van der Waals surface area contributed by atoms with Crippen molar-refractivity contribution < 1.29 is 0 Å². The lowest BCUT2D eigenvalue weighted by atomic mass is 10.2. The van der Waals surface area contributed by atoms with Crippen molar-refractivity contribution in [3.05, 3.63) is 0 Å². The van der Waals surface area contributed by atoms with Crippen LogP contribution < -0.4 is 5.73 Å². The fraction of sp³-hybridized carbons (Fsp3) is 0.923. The lowest BCUT2D eigenvalue weighted by Gasteiger charge is -2.21. The minimum atomic E-state index is 0. The average molecular weight is 353 g/mol. The van der Waals surface area contributed by atoms with Gasteiger partial charge in [0.1, 0.15) is 0 Å². The Morgan fingerprint density at radius 2 is 1.71 bits per heavy atom. The molecule has 0 spiro atoms. The van der Waals surface area contributed by atoms with Gasteiger partial charge < -0.3 is 10.6 Å². The standard InChI is InChI=1S/C13H27N3.HI/c1-2-3-4-7-10-15-13(14)16-11-8-5-6-9-12-16;/h2-12H2,1H3,(H2,14,15);1H. The quantitative estimate of drug-likeness (QED) is 0.356. The van der Waals surface area contributed by atoms with E-state index in [1.807, 2.05) is 0 Å². The lowest BCUT2D eigenvalue weighted by Crippen LogP contribution is -2.38. The normalized spacial score (nSPS) is 17.5. The monoisotopic (exact) mass is 353 g/mol. The van der Waals surface area contributed by atoms with E-state index in [4.69, 9.17) is 5.73 Å². The van der Waals surface area contributed by atoms with Gasteiger partial charge in [0.2, 0.25) is 0 Å². The van der Waals surface area contributed by atoms with Crippen LogP contribution in [0.2, 0.25) is 0 Å². The minimum absolute atomic E-state index is 0. The summed E-state index contributed by atoms with van der Waals surface area (Å²) in [5.74, 6) is 0.776. The Labute approximate surface area is 123 Å². The van der Waals surface area contributed by atoms with Crippen LogP contribution in [0.1, 0.15) is 58.3 Å². The van der Waals surface area contributed by atoms with Crippen molar-refractivity contribution in [3.63, 3.8) is 0 Å². The molecule has 1 rings (SSSR count). The topological polar surface area (TPSA) is 41.6 Å². The van der Waals surface area contributed by atoms with E-state index in [0.29, 0.717) is 0 Å². The summed E-state index contributed by atoms with van der Waals surface area (Å²) >= 11 is 0. The first-order valence-corrected chi connectivity index (χ1v) is 6.89. The molecule has 17 heavy (non-hydrogen) atoms. The Bertz CT molecular complexity index is 199. The molecule has 1 heterocycles. The van der Waals surface area contributed by atoms with Crippen LogP contribution in [-0.2, 0) is 0 Å². The minimum Gasteiger partial charge on any atom is -0.370 e. The van der Waals surface area contributed by atoms with Crippen molar-refractivity contribution in [1.29, 1.82) is 0 Å². The van der Waals surface area contributed by atoms with Gasteiger partial charge in [0.15, 0.2) is 5.96 Å². The Kier molecular flexibility index (Phi) is 11.1. The molecule has 0 bridgehead atoms. The van der Waals surface area contributed by atoms with Gasteiger partial charge in [-0.05, 0) is 19.3 Å². The van der Waals surface area contributed by atoms with Gasteiger partial charge in [0.25, 0.3) is 0 Å². The molecule has 0 aromatic carbocycles. The number of nitrogens with zero attached hydrogens (tertiary/aromatic N) is 2. The third-order valence-corrected chi connectivity index (χ3v) is 3.22. The molecule has 0 aromatic rings. The molecule has 3 nitrogen and oxygen atoms in total. The van der Waals surface area contributed by atoms with Crippen molar-refractivity contribution in [2.45, 2.75) is 58.3 Å². The first-order valence-electron chi connectivity index (χ1n) is 6.89. The summed E-state index contributed by atoms with van der Waals surface area (Å²) in [6.07, 6.45) is 10.3. The van der Waals surface area contributed by atoms with Crippen molar-refractivity contribution in [2.75, 3.05) is 19.6 Å². The first kappa shape index (κ1) is 17.0. The fourth-order valence-electron chi connectivity index (χ4n) is 2.13. The van der Waals surface area contributed by atoms with Gasteiger partial charge in [-0.15, -0.1) is 24.0 Å². The van der Waals surface area contributed by atoms with Crippen LogP contribution in [-0.4, -0.2) is 30.5 Å². The van der Waals surface area contributed by atoms with Crippen molar-refractivity contribution in [3.8, 4) is 0 Å². The highest BCUT2D eigenvalue weighted by Crippen LogP contribution is 2.09. The maximum atomic E-state index is 6.01. The Morgan fingerprint density at radius 1 is 1.06 bits per heavy atom. The number of halogens is 1. The van der Waals surface area contributed by atoms with E-state index in [1.165, 1.54) is 51.4 Å².